The van der Waals surface area contributed by atoms with Crippen LogP contribution in [0.1, 0.15) is 36.8 Å². The number of fused-ring (bicyclic) bond motifs is 1. The summed E-state index contributed by atoms with van der Waals surface area (Å²) in [5, 5.41) is 3.80. The summed E-state index contributed by atoms with van der Waals surface area (Å²) in [6.07, 6.45) is 8.10. The molecular weight excluding hydrogens is 270 g/mol. The molecule has 4 nitrogen and oxygen atoms in total. The smallest absolute Gasteiger partial charge is 0.229 e. The molecule has 3 rings (SSSR count). The van der Waals surface area contributed by atoms with Gasteiger partial charge in [0.05, 0.1) is 5.69 Å². The van der Waals surface area contributed by atoms with Crippen LogP contribution < -0.4 is 5.32 Å². The van der Waals surface area contributed by atoms with Crippen LogP contribution in [0.5, 0.6) is 0 Å². The summed E-state index contributed by atoms with van der Waals surface area (Å²) in [5.74, 6) is 0.251. The topological polar surface area (TPSA) is 45.2 Å². The van der Waals surface area contributed by atoms with E-state index in [-0.39, 0.29) is 11.8 Å². The van der Waals surface area contributed by atoms with Gasteiger partial charge in [0.15, 0.2) is 5.13 Å². The minimum atomic E-state index is 0.119. The number of thiazole rings is 1. The highest BCUT2D eigenvalue weighted by Gasteiger charge is 2.23. The average Bonchev–Trinajstić information content (AvgIpc) is 2.89. The molecule has 1 atom stereocenters. The first-order valence-corrected chi connectivity index (χ1v) is 8.24. The van der Waals surface area contributed by atoms with Crippen LogP contribution in [0.2, 0.25) is 0 Å². The van der Waals surface area contributed by atoms with Gasteiger partial charge in [-0.05, 0) is 25.8 Å². The summed E-state index contributed by atoms with van der Waals surface area (Å²) in [6.45, 7) is 5.32. The maximum absolute atomic E-state index is 12.2. The van der Waals surface area contributed by atoms with Gasteiger partial charge in [0, 0.05) is 30.3 Å². The second-order valence-electron chi connectivity index (χ2n) is 5.48. The van der Waals surface area contributed by atoms with Crippen molar-refractivity contribution in [2.75, 3.05) is 18.4 Å². The fraction of sp³-hybridized carbons (Fsp3) is 0.600. The average molecular weight is 291 g/mol. The van der Waals surface area contributed by atoms with E-state index in [2.05, 4.69) is 34.3 Å². The van der Waals surface area contributed by atoms with Gasteiger partial charge < -0.3 is 5.32 Å². The largest absolute Gasteiger partial charge is 0.302 e. The number of hydrogen-bond acceptors (Lipinski definition) is 4. The van der Waals surface area contributed by atoms with Crippen molar-refractivity contribution in [3.8, 4) is 0 Å². The summed E-state index contributed by atoms with van der Waals surface area (Å²) in [5.41, 5.74) is 1.18. The van der Waals surface area contributed by atoms with Crippen LogP contribution in [0.25, 0.3) is 0 Å². The maximum atomic E-state index is 12.2. The molecular formula is C15H21N3OS. The Morgan fingerprint density at radius 2 is 2.45 bits per heavy atom. The van der Waals surface area contributed by atoms with E-state index in [1.165, 1.54) is 10.6 Å². The molecule has 1 aliphatic heterocycles. The zero-order valence-electron chi connectivity index (χ0n) is 11.9. The third-order valence-electron chi connectivity index (χ3n) is 4.13. The van der Waals surface area contributed by atoms with Crippen LogP contribution in [0.3, 0.4) is 0 Å². The van der Waals surface area contributed by atoms with Crippen LogP contribution >= 0.6 is 11.3 Å². The number of nitrogens with zero attached hydrogens (tertiary/aromatic N) is 2. The van der Waals surface area contributed by atoms with Gasteiger partial charge in [0.2, 0.25) is 5.91 Å². The number of hydrogen-bond donors (Lipinski definition) is 1. The molecule has 0 spiro atoms. The summed E-state index contributed by atoms with van der Waals surface area (Å²) in [7, 11) is 0. The molecule has 0 saturated heterocycles. The van der Waals surface area contributed by atoms with Gasteiger partial charge in [0.25, 0.3) is 0 Å². The summed E-state index contributed by atoms with van der Waals surface area (Å²) in [4.78, 5) is 20.5. The molecule has 1 N–H and O–H groups in total. The molecule has 0 fully saturated rings. The predicted molar refractivity (Wildman–Crippen MR) is 81.9 cm³/mol. The second-order valence-corrected chi connectivity index (χ2v) is 6.56. The first kappa shape index (κ1) is 13.8. The number of rotatable bonds is 3. The first-order chi connectivity index (χ1) is 9.76. The molecule has 1 amide bonds. The molecule has 0 radical (unpaired) electrons. The lowest BCUT2D eigenvalue weighted by molar-refractivity contribution is -0.120. The molecule has 2 aliphatic rings. The molecule has 20 heavy (non-hydrogen) atoms. The normalized spacial score (nSPS) is 22.6. The van der Waals surface area contributed by atoms with Gasteiger partial charge >= 0.3 is 0 Å². The summed E-state index contributed by atoms with van der Waals surface area (Å²) in [6, 6.07) is 0. The van der Waals surface area contributed by atoms with Crippen LogP contribution in [-0.2, 0) is 17.8 Å². The highest BCUT2D eigenvalue weighted by molar-refractivity contribution is 7.15. The number of carbonyl (C=O) groups excluding carboxylic acids is 1. The Labute approximate surface area is 123 Å². The van der Waals surface area contributed by atoms with E-state index in [0.717, 1.165) is 50.4 Å². The molecule has 1 aromatic heterocycles. The van der Waals surface area contributed by atoms with Gasteiger partial charge in [-0.3, -0.25) is 9.69 Å². The number of likely N-dealkylation sites (N-methyl/N-ethyl adjacent to an activating group) is 1. The Kier molecular flexibility index (Phi) is 4.17. The number of nitrogens with one attached hydrogen (secondary N) is 1. The van der Waals surface area contributed by atoms with Gasteiger partial charge in [-0.1, -0.05) is 19.1 Å². The van der Waals surface area contributed by atoms with Crippen LogP contribution in [-0.4, -0.2) is 28.9 Å². The molecule has 5 heteroatoms. The quantitative estimate of drug-likeness (QED) is 0.871. The van der Waals surface area contributed by atoms with E-state index in [4.69, 9.17) is 0 Å². The molecule has 0 aromatic carbocycles. The van der Waals surface area contributed by atoms with Crippen LogP contribution in [0, 0.1) is 5.92 Å². The lowest BCUT2D eigenvalue weighted by Crippen LogP contribution is -2.29. The van der Waals surface area contributed by atoms with Crippen molar-refractivity contribution in [1.29, 1.82) is 0 Å². The maximum Gasteiger partial charge on any atom is 0.229 e. The zero-order valence-corrected chi connectivity index (χ0v) is 12.7. The molecule has 0 bridgehead atoms. The van der Waals surface area contributed by atoms with Gasteiger partial charge in [-0.15, -0.1) is 11.3 Å². The summed E-state index contributed by atoms with van der Waals surface area (Å²) >= 11 is 1.64. The van der Waals surface area contributed by atoms with Gasteiger partial charge in [-0.25, -0.2) is 4.98 Å². The Bertz CT molecular complexity index is 523. The van der Waals surface area contributed by atoms with E-state index in [1.54, 1.807) is 11.3 Å². The third-order valence-corrected chi connectivity index (χ3v) is 5.13. The Hall–Kier alpha value is -1.20. The van der Waals surface area contributed by atoms with Gasteiger partial charge in [0.1, 0.15) is 0 Å². The highest BCUT2D eigenvalue weighted by atomic mass is 32.1. The Morgan fingerprint density at radius 3 is 3.20 bits per heavy atom. The molecule has 2 heterocycles. The first-order valence-electron chi connectivity index (χ1n) is 7.43. The minimum absolute atomic E-state index is 0.119. The standard InChI is InChI=1S/C15H21N3OS/c1-2-18-9-8-12-13(10-18)20-15(16-12)17-14(19)11-6-4-3-5-7-11/h3-4,11H,2,5-10H2,1H3,(H,16,17,19). The lowest BCUT2D eigenvalue weighted by Gasteiger charge is -2.23. The van der Waals surface area contributed by atoms with Crippen molar-refractivity contribution in [3.05, 3.63) is 22.7 Å². The molecule has 1 unspecified atom stereocenters. The number of aromatic nitrogens is 1. The molecule has 1 aromatic rings. The number of amides is 1. The fourth-order valence-corrected chi connectivity index (χ4v) is 3.86. The van der Waals surface area contributed by atoms with E-state index in [1.807, 2.05) is 0 Å². The fourth-order valence-electron chi connectivity index (χ4n) is 2.81. The Morgan fingerprint density at radius 1 is 1.55 bits per heavy atom. The molecule has 108 valence electrons. The summed E-state index contributed by atoms with van der Waals surface area (Å²) < 4.78 is 0. The van der Waals surface area contributed by atoms with Crippen molar-refractivity contribution in [1.82, 2.24) is 9.88 Å². The zero-order chi connectivity index (χ0) is 13.9. The van der Waals surface area contributed by atoms with Gasteiger partial charge in [-0.2, -0.15) is 0 Å². The lowest BCUT2D eigenvalue weighted by atomic mass is 9.94. The second kappa shape index (κ2) is 6.06. The minimum Gasteiger partial charge on any atom is -0.302 e. The number of allylic oxidation sites excluding steroid dienone is 2. The van der Waals surface area contributed by atoms with E-state index in [0.29, 0.717) is 0 Å². The van der Waals surface area contributed by atoms with E-state index >= 15 is 0 Å². The van der Waals surface area contributed by atoms with E-state index in [9.17, 15) is 4.79 Å². The molecule has 0 saturated carbocycles. The SMILES string of the molecule is CCN1CCc2nc(NC(=O)C3CC=CCC3)sc2C1. The number of anilines is 1. The van der Waals surface area contributed by atoms with Crippen molar-refractivity contribution in [3.63, 3.8) is 0 Å². The monoisotopic (exact) mass is 291 g/mol. The Balaban J connectivity index is 1.65. The number of carbonyl (C=O) groups is 1. The van der Waals surface area contributed by atoms with Crippen molar-refractivity contribution in [2.45, 2.75) is 39.2 Å². The molecule has 1 aliphatic carbocycles. The van der Waals surface area contributed by atoms with Crippen LogP contribution in [0.15, 0.2) is 12.2 Å². The van der Waals surface area contributed by atoms with Crippen molar-refractivity contribution >= 4 is 22.4 Å². The third kappa shape index (κ3) is 2.94. The van der Waals surface area contributed by atoms with Crippen molar-refractivity contribution in [2.24, 2.45) is 5.92 Å². The van der Waals surface area contributed by atoms with E-state index < -0.39 is 0 Å². The van der Waals surface area contributed by atoms with Crippen molar-refractivity contribution < 1.29 is 4.79 Å². The van der Waals surface area contributed by atoms with Crippen LogP contribution in [0.4, 0.5) is 5.13 Å². The highest BCUT2D eigenvalue weighted by Crippen LogP contribution is 2.29. The predicted octanol–water partition coefficient (Wildman–Crippen LogP) is 2.82.